The molecule has 10 heteroatoms. The van der Waals surface area contributed by atoms with Crippen LogP contribution in [0.3, 0.4) is 0 Å². The molecule has 0 unspecified atom stereocenters. The predicted octanol–water partition coefficient (Wildman–Crippen LogP) is 3.62. The fraction of sp³-hybridized carbons (Fsp3) is 0.429. The molecule has 0 bridgehead atoms. The molecule has 2 rings (SSSR count). The Morgan fingerprint density at radius 3 is 2.62 bits per heavy atom. The number of amides is 1. The lowest BCUT2D eigenvalue weighted by atomic mass is 10.1. The number of carbonyl (C=O) groups excluding carboxylic acids is 1. The molecule has 1 aliphatic rings. The normalized spacial score (nSPS) is 22.3. The maximum absolute atomic E-state index is 13.1. The Morgan fingerprint density at radius 2 is 2.08 bits per heavy atom. The van der Waals surface area contributed by atoms with E-state index in [0.717, 1.165) is 0 Å². The highest BCUT2D eigenvalue weighted by Crippen LogP contribution is 2.40. The number of benzene rings is 1. The summed E-state index contributed by atoms with van der Waals surface area (Å²) in [6.45, 7) is 2.51. The molecule has 0 fully saturated rings. The number of alkyl halides is 3. The van der Waals surface area contributed by atoms with Gasteiger partial charge in [0.05, 0.1) is 5.02 Å². The first-order valence-electron chi connectivity index (χ1n) is 6.74. The minimum absolute atomic E-state index is 0.0107. The number of carbonyl (C=O) groups is 1. The Hall–Kier alpha value is -1.51. The van der Waals surface area contributed by atoms with Gasteiger partial charge in [-0.2, -0.15) is 23.3 Å². The van der Waals surface area contributed by atoms with Gasteiger partial charge in [0.1, 0.15) is 5.75 Å². The van der Waals surface area contributed by atoms with Crippen molar-refractivity contribution in [2.75, 3.05) is 0 Å². The van der Waals surface area contributed by atoms with Crippen molar-refractivity contribution < 1.29 is 27.8 Å². The summed E-state index contributed by atoms with van der Waals surface area (Å²) < 4.78 is 44.7. The highest BCUT2D eigenvalue weighted by atomic mass is 35.5. The molecule has 1 heterocycles. The van der Waals surface area contributed by atoms with Crippen LogP contribution in [0, 0.1) is 0 Å². The molecule has 0 aliphatic carbocycles. The molecule has 24 heavy (non-hydrogen) atoms. The van der Waals surface area contributed by atoms with Gasteiger partial charge in [0.25, 0.3) is 11.6 Å². The summed E-state index contributed by atoms with van der Waals surface area (Å²) in [6.07, 6.45) is -7.26. The molecule has 1 aromatic carbocycles. The highest BCUT2D eigenvalue weighted by Gasteiger charge is 2.63. The van der Waals surface area contributed by atoms with Crippen LogP contribution in [0.25, 0.3) is 0 Å². The SMILES string of the molecule is CC1=NN(C(=O)[C@H](C)Oc2ccc(Cl)cc2Cl)[C@@](O)(C(F)(F)F)C1. The molecule has 0 saturated heterocycles. The summed E-state index contributed by atoms with van der Waals surface area (Å²) in [5.74, 6) is -1.09. The second-order valence-electron chi connectivity index (χ2n) is 5.31. The van der Waals surface area contributed by atoms with Crippen LogP contribution in [0.1, 0.15) is 20.3 Å². The minimum atomic E-state index is -5.07. The number of hydrazone groups is 1. The van der Waals surface area contributed by atoms with Crippen molar-refractivity contribution in [3.63, 3.8) is 0 Å². The van der Waals surface area contributed by atoms with E-state index in [1.807, 2.05) is 0 Å². The van der Waals surface area contributed by atoms with E-state index in [9.17, 15) is 23.1 Å². The quantitative estimate of drug-likeness (QED) is 0.865. The van der Waals surface area contributed by atoms with Crippen molar-refractivity contribution in [2.45, 2.75) is 38.3 Å². The van der Waals surface area contributed by atoms with Crippen LogP contribution in [0.4, 0.5) is 13.2 Å². The fourth-order valence-electron chi connectivity index (χ4n) is 2.16. The second kappa shape index (κ2) is 6.42. The Kier molecular flexibility index (Phi) is 5.03. The van der Waals surface area contributed by atoms with Gasteiger partial charge in [-0.05, 0) is 32.0 Å². The lowest BCUT2D eigenvalue weighted by Gasteiger charge is -2.33. The number of nitrogens with zero attached hydrogens (tertiary/aromatic N) is 2. The van der Waals surface area contributed by atoms with Crippen LogP contribution in [0.2, 0.25) is 10.0 Å². The molecule has 132 valence electrons. The summed E-state index contributed by atoms with van der Waals surface area (Å²) in [6, 6.07) is 4.19. The number of hydrogen-bond donors (Lipinski definition) is 1. The van der Waals surface area contributed by atoms with E-state index < -0.39 is 30.3 Å². The molecule has 0 saturated carbocycles. The summed E-state index contributed by atoms with van der Waals surface area (Å²) in [4.78, 5) is 12.3. The van der Waals surface area contributed by atoms with Gasteiger partial charge in [-0.25, -0.2) is 0 Å². The van der Waals surface area contributed by atoms with Crippen molar-refractivity contribution >= 4 is 34.8 Å². The monoisotopic (exact) mass is 384 g/mol. The van der Waals surface area contributed by atoms with E-state index in [2.05, 4.69) is 5.10 Å². The fourth-order valence-corrected chi connectivity index (χ4v) is 2.61. The molecular weight excluding hydrogens is 372 g/mol. The van der Waals surface area contributed by atoms with Crippen molar-refractivity contribution in [1.29, 1.82) is 0 Å². The first-order valence-corrected chi connectivity index (χ1v) is 7.50. The van der Waals surface area contributed by atoms with Crippen LogP contribution in [-0.4, -0.2) is 39.7 Å². The van der Waals surface area contributed by atoms with Crippen LogP contribution in [0.15, 0.2) is 23.3 Å². The first kappa shape index (κ1) is 18.8. The molecule has 5 nitrogen and oxygen atoms in total. The first-order chi connectivity index (χ1) is 11.0. The number of hydrogen-bond acceptors (Lipinski definition) is 4. The van der Waals surface area contributed by atoms with Crippen molar-refractivity contribution in [3.05, 3.63) is 28.2 Å². The third kappa shape index (κ3) is 3.45. The number of rotatable bonds is 3. The van der Waals surface area contributed by atoms with Crippen molar-refractivity contribution in [3.8, 4) is 5.75 Å². The van der Waals surface area contributed by atoms with Crippen LogP contribution < -0.4 is 4.74 Å². The third-order valence-electron chi connectivity index (χ3n) is 3.33. The number of halogens is 5. The molecule has 1 amide bonds. The van der Waals surface area contributed by atoms with E-state index in [4.69, 9.17) is 27.9 Å². The van der Waals surface area contributed by atoms with Gasteiger partial charge in [0, 0.05) is 17.2 Å². The lowest BCUT2D eigenvalue weighted by molar-refractivity contribution is -0.303. The summed E-state index contributed by atoms with van der Waals surface area (Å²) >= 11 is 11.6. The topological polar surface area (TPSA) is 62.1 Å². The zero-order valence-corrected chi connectivity index (χ0v) is 14.1. The largest absolute Gasteiger partial charge is 0.479 e. The number of ether oxygens (including phenoxy) is 1. The second-order valence-corrected chi connectivity index (χ2v) is 6.15. The maximum atomic E-state index is 13.1. The van der Waals surface area contributed by atoms with Gasteiger partial charge in [-0.1, -0.05) is 23.2 Å². The lowest BCUT2D eigenvalue weighted by Crippen LogP contribution is -2.58. The Morgan fingerprint density at radius 1 is 1.46 bits per heavy atom. The molecule has 2 atom stereocenters. The van der Waals surface area contributed by atoms with Crippen LogP contribution >= 0.6 is 23.2 Å². The van der Waals surface area contributed by atoms with Crippen molar-refractivity contribution in [1.82, 2.24) is 5.01 Å². The maximum Gasteiger partial charge on any atom is 0.438 e. The summed E-state index contributed by atoms with van der Waals surface area (Å²) in [5, 5.41) is 13.8. The molecule has 1 aromatic rings. The minimum Gasteiger partial charge on any atom is -0.479 e. The highest BCUT2D eigenvalue weighted by molar-refractivity contribution is 6.35. The zero-order valence-electron chi connectivity index (χ0n) is 12.6. The van der Waals surface area contributed by atoms with Gasteiger partial charge >= 0.3 is 6.18 Å². The molecule has 0 spiro atoms. The molecule has 1 N–H and O–H groups in total. The predicted molar refractivity (Wildman–Crippen MR) is 82.1 cm³/mol. The van der Waals surface area contributed by atoms with Gasteiger partial charge in [-0.3, -0.25) is 4.79 Å². The van der Waals surface area contributed by atoms with E-state index >= 15 is 0 Å². The van der Waals surface area contributed by atoms with Crippen LogP contribution in [-0.2, 0) is 4.79 Å². The standard InChI is InChI=1S/C14H13Cl2F3N2O3/c1-7-6-13(23,14(17,18)19)21(20-7)12(22)8(2)24-11-4-3-9(15)5-10(11)16/h3-5,8,23H,6H2,1-2H3/t8-,13-/m0/s1. The van der Waals surface area contributed by atoms with Gasteiger partial charge in [0.15, 0.2) is 6.10 Å². The average Bonchev–Trinajstić information content (AvgIpc) is 2.77. The third-order valence-corrected chi connectivity index (χ3v) is 3.86. The van der Waals surface area contributed by atoms with E-state index in [0.29, 0.717) is 5.02 Å². The van der Waals surface area contributed by atoms with E-state index in [1.54, 1.807) is 0 Å². The summed E-state index contributed by atoms with van der Waals surface area (Å²) in [7, 11) is 0. The molecular formula is C14H13Cl2F3N2O3. The average molecular weight is 385 g/mol. The van der Waals surface area contributed by atoms with Gasteiger partial charge in [0.2, 0.25) is 0 Å². The zero-order chi connectivity index (χ0) is 18.3. The van der Waals surface area contributed by atoms with Gasteiger partial charge < -0.3 is 9.84 Å². The Labute approximate surface area is 145 Å². The van der Waals surface area contributed by atoms with Gasteiger partial charge in [-0.15, -0.1) is 0 Å². The Bertz CT molecular complexity index is 696. The van der Waals surface area contributed by atoms with E-state index in [-0.39, 0.29) is 21.5 Å². The summed E-state index contributed by atoms with van der Waals surface area (Å²) in [5.41, 5.74) is -3.42. The number of aliphatic hydroxyl groups is 1. The Balaban J connectivity index is 2.23. The smallest absolute Gasteiger partial charge is 0.438 e. The van der Waals surface area contributed by atoms with Crippen molar-refractivity contribution in [2.24, 2.45) is 5.10 Å². The van der Waals surface area contributed by atoms with Crippen LogP contribution in [0.5, 0.6) is 5.75 Å². The van der Waals surface area contributed by atoms with E-state index in [1.165, 1.54) is 32.0 Å². The molecule has 1 aliphatic heterocycles. The molecule has 0 aromatic heterocycles. The molecule has 0 radical (unpaired) electrons.